The molecule has 2 N–H and O–H groups in total. The van der Waals surface area contributed by atoms with Crippen molar-refractivity contribution in [2.24, 2.45) is 0 Å². The van der Waals surface area contributed by atoms with E-state index in [1.54, 1.807) is 26.3 Å². The minimum atomic E-state index is -0.456. The van der Waals surface area contributed by atoms with E-state index in [4.69, 9.17) is 30.5 Å². The average Bonchev–Trinajstić information content (AvgIpc) is 3.56. The first-order valence-corrected chi connectivity index (χ1v) is 12.9. The summed E-state index contributed by atoms with van der Waals surface area (Å²) in [6, 6.07) is 15.7. The highest BCUT2D eigenvalue weighted by Gasteiger charge is 2.33. The molecule has 3 aromatic rings. The number of hydrazine groups is 2. The average molecular weight is 539 g/mol. The van der Waals surface area contributed by atoms with Gasteiger partial charge in [0.1, 0.15) is 12.6 Å². The molecule has 0 saturated carbocycles. The molecule has 0 bridgehead atoms. The van der Waals surface area contributed by atoms with Gasteiger partial charge in [-0.2, -0.15) is 0 Å². The van der Waals surface area contributed by atoms with E-state index in [0.717, 1.165) is 28.2 Å². The molecule has 10 heteroatoms. The SMILES string of the molecule is CCOC(=O)CN1NC=C(CC[C@H]2O[C@H](c3cccc(OC)c3OC)c3cc(Cl)ccc3-n3cccc32)N1. The molecule has 3 heterocycles. The lowest BCUT2D eigenvalue weighted by Gasteiger charge is -2.25. The van der Waals surface area contributed by atoms with E-state index in [1.807, 2.05) is 54.9 Å². The first kappa shape index (κ1) is 26.0. The maximum absolute atomic E-state index is 11.8. The lowest BCUT2D eigenvalue weighted by atomic mass is 9.98. The number of esters is 1. The van der Waals surface area contributed by atoms with E-state index in [-0.39, 0.29) is 18.6 Å². The van der Waals surface area contributed by atoms with Crippen LogP contribution in [0.1, 0.15) is 48.8 Å². The molecule has 0 unspecified atom stereocenters. The summed E-state index contributed by atoms with van der Waals surface area (Å²) in [6.45, 7) is 2.22. The molecule has 9 nitrogen and oxygen atoms in total. The highest BCUT2D eigenvalue weighted by Crippen LogP contribution is 2.46. The minimum Gasteiger partial charge on any atom is -0.493 e. The Morgan fingerprint density at radius 3 is 2.76 bits per heavy atom. The fourth-order valence-corrected chi connectivity index (χ4v) is 5.12. The van der Waals surface area contributed by atoms with E-state index < -0.39 is 6.10 Å². The molecule has 0 aliphatic carbocycles. The topological polar surface area (TPSA) is 86.2 Å². The Kier molecular flexibility index (Phi) is 7.78. The zero-order valence-corrected chi connectivity index (χ0v) is 22.3. The van der Waals surface area contributed by atoms with Crippen LogP contribution in [0.3, 0.4) is 0 Å². The van der Waals surface area contributed by atoms with Gasteiger partial charge in [0.25, 0.3) is 0 Å². The summed E-state index contributed by atoms with van der Waals surface area (Å²) in [5, 5.41) is 2.23. The Labute approximate surface area is 226 Å². The molecule has 0 fully saturated rings. The Morgan fingerprint density at radius 1 is 1.11 bits per heavy atom. The summed E-state index contributed by atoms with van der Waals surface area (Å²) in [5.74, 6) is 0.944. The van der Waals surface area contributed by atoms with Gasteiger partial charge in [0.15, 0.2) is 11.5 Å². The van der Waals surface area contributed by atoms with Crippen LogP contribution in [0.15, 0.2) is 66.6 Å². The standard InChI is InChI=1S/C28H31ClN4O5/c1-4-37-26(34)17-33-30-16-19(31-33)11-13-24-23-8-6-14-32(23)22-12-10-18(29)15-21(22)27(38-24)20-7-5-9-25(35-2)28(20)36-3/h5-10,12,14-16,24,27,30-31H,4,11,13,17H2,1-3H3/t24-,27-/m1/s1. The molecule has 2 aliphatic rings. The lowest BCUT2D eigenvalue weighted by molar-refractivity contribution is -0.145. The van der Waals surface area contributed by atoms with Crippen LogP contribution in [-0.4, -0.2) is 43.0 Å². The maximum Gasteiger partial charge on any atom is 0.324 e. The molecular formula is C28H31ClN4O5. The summed E-state index contributed by atoms with van der Waals surface area (Å²) in [5.41, 5.74) is 11.0. The van der Waals surface area contributed by atoms with E-state index in [9.17, 15) is 4.79 Å². The number of halogens is 1. The fourth-order valence-electron chi connectivity index (χ4n) is 4.94. The number of hydrogen-bond donors (Lipinski definition) is 2. The summed E-state index contributed by atoms with van der Waals surface area (Å²) >= 11 is 6.49. The Bertz CT molecular complexity index is 1340. The van der Waals surface area contributed by atoms with Gasteiger partial charge in [0.05, 0.1) is 38.3 Å². The van der Waals surface area contributed by atoms with Crippen molar-refractivity contribution in [3.8, 4) is 17.2 Å². The molecule has 0 radical (unpaired) electrons. The number of rotatable bonds is 9. The van der Waals surface area contributed by atoms with Crippen molar-refractivity contribution in [2.45, 2.75) is 32.0 Å². The smallest absolute Gasteiger partial charge is 0.324 e. The van der Waals surface area contributed by atoms with Crippen molar-refractivity contribution < 1.29 is 23.7 Å². The second-order valence-electron chi connectivity index (χ2n) is 8.93. The number of hydrogen-bond acceptors (Lipinski definition) is 8. The van der Waals surface area contributed by atoms with Crippen molar-refractivity contribution in [1.82, 2.24) is 20.5 Å². The number of nitrogens with one attached hydrogen (secondary N) is 2. The van der Waals surface area contributed by atoms with Gasteiger partial charge in [-0.1, -0.05) is 23.7 Å². The van der Waals surface area contributed by atoms with Crippen LogP contribution in [0.4, 0.5) is 0 Å². The van der Waals surface area contributed by atoms with Crippen molar-refractivity contribution >= 4 is 17.6 Å². The Morgan fingerprint density at radius 2 is 1.97 bits per heavy atom. The van der Waals surface area contributed by atoms with Gasteiger partial charge in [-0.15, -0.1) is 5.12 Å². The number of ether oxygens (including phenoxy) is 4. The first-order chi connectivity index (χ1) is 18.5. The highest BCUT2D eigenvalue weighted by atomic mass is 35.5. The van der Waals surface area contributed by atoms with E-state index >= 15 is 0 Å². The first-order valence-electron chi connectivity index (χ1n) is 12.5. The van der Waals surface area contributed by atoms with Crippen LogP contribution in [0.5, 0.6) is 11.5 Å². The largest absolute Gasteiger partial charge is 0.493 e. The van der Waals surface area contributed by atoms with Crippen molar-refractivity contribution in [1.29, 1.82) is 0 Å². The Hall–Kier alpha value is -3.66. The molecule has 1 aromatic heterocycles. The van der Waals surface area contributed by atoms with Gasteiger partial charge >= 0.3 is 5.97 Å². The van der Waals surface area contributed by atoms with Gasteiger partial charge in [-0.05, 0) is 56.2 Å². The predicted molar refractivity (Wildman–Crippen MR) is 143 cm³/mol. The van der Waals surface area contributed by atoms with Gasteiger partial charge < -0.3 is 34.4 Å². The number of carbonyl (C=O) groups is 1. The third-order valence-electron chi connectivity index (χ3n) is 6.60. The minimum absolute atomic E-state index is 0.0877. The molecule has 2 atom stereocenters. The number of methoxy groups -OCH3 is 2. The molecule has 200 valence electrons. The third kappa shape index (κ3) is 5.18. The molecule has 38 heavy (non-hydrogen) atoms. The monoisotopic (exact) mass is 538 g/mol. The predicted octanol–water partition coefficient (Wildman–Crippen LogP) is 4.82. The lowest BCUT2D eigenvalue weighted by Crippen LogP contribution is -2.43. The van der Waals surface area contributed by atoms with Crippen molar-refractivity contribution in [3.05, 3.63) is 88.5 Å². The van der Waals surface area contributed by atoms with Crippen LogP contribution >= 0.6 is 11.6 Å². The molecule has 0 spiro atoms. The molecule has 0 saturated heterocycles. The maximum atomic E-state index is 11.8. The quantitative estimate of drug-likeness (QED) is 0.375. The number of fused-ring (bicyclic) bond motifs is 3. The zero-order chi connectivity index (χ0) is 26.6. The van der Waals surface area contributed by atoms with Crippen LogP contribution in [0, 0.1) is 0 Å². The molecule has 5 rings (SSSR count). The second kappa shape index (κ2) is 11.4. The highest BCUT2D eigenvalue weighted by molar-refractivity contribution is 6.30. The summed E-state index contributed by atoms with van der Waals surface area (Å²) < 4.78 is 25.5. The van der Waals surface area contributed by atoms with Gasteiger partial charge in [-0.25, -0.2) is 0 Å². The normalized spacial score (nSPS) is 18.4. The molecular weight excluding hydrogens is 508 g/mol. The number of carbonyl (C=O) groups excluding carboxylic acids is 1. The number of benzene rings is 2. The van der Waals surface area contributed by atoms with Crippen LogP contribution in [0.25, 0.3) is 5.69 Å². The second-order valence-corrected chi connectivity index (χ2v) is 9.37. The van der Waals surface area contributed by atoms with Gasteiger partial charge in [-0.3, -0.25) is 4.79 Å². The molecule has 2 aliphatic heterocycles. The van der Waals surface area contributed by atoms with Crippen molar-refractivity contribution in [3.63, 3.8) is 0 Å². The van der Waals surface area contributed by atoms with Crippen LogP contribution in [-0.2, 0) is 14.3 Å². The van der Waals surface area contributed by atoms with E-state index in [0.29, 0.717) is 36.0 Å². The third-order valence-corrected chi connectivity index (χ3v) is 6.83. The van der Waals surface area contributed by atoms with Crippen LogP contribution < -0.4 is 20.3 Å². The fraction of sp³-hybridized carbons (Fsp3) is 0.321. The summed E-state index contributed by atoms with van der Waals surface area (Å²) in [7, 11) is 3.25. The van der Waals surface area contributed by atoms with Gasteiger partial charge in [0.2, 0.25) is 0 Å². The molecule has 2 aromatic carbocycles. The summed E-state index contributed by atoms with van der Waals surface area (Å²) in [6.07, 6.45) is 4.55. The van der Waals surface area contributed by atoms with Gasteiger partial charge in [0, 0.05) is 34.2 Å². The Balaban J connectivity index is 1.44. The van der Waals surface area contributed by atoms with E-state index in [1.165, 1.54) is 0 Å². The number of aromatic nitrogens is 1. The number of allylic oxidation sites excluding steroid dienone is 1. The molecule has 0 amide bonds. The van der Waals surface area contributed by atoms with Crippen molar-refractivity contribution in [2.75, 3.05) is 27.4 Å². The summed E-state index contributed by atoms with van der Waals surface area (Å²) in [4.78, 5) is 11.8. The zero-order valence-electron chi connectivity index (χ0n) is 21.6. The number of para-hydroxylation sites is 1. The van der Waals surface area contributed by atoms with E-state index in [2.05, 4.69) is 21.5 Å². The van der Waals surface area contributed by atoms with Crippen LogP contribution in [0.2, 0.25) is 5.02 Å². The number of nitrogens with zero attached hydrogens (tertiary/aromatic N) is 2.